The molecule has 1 rings (SSSR count). The molecular weight excluding hydrogens is 142 g/mol. The molecule has 0 amide bonds. The molecule has 0 aromatic carbocycles. The van der Waals surface area contributed by atoms with Crippen LogP contribution in [0.3, 0.4) is 0 Å². The fourth-order valence-corrected chi connectivity index (χ4v) is 0.997. The Kier molecular flexibility index (Phi) is 3.83. The van der Waals surface area contributed by atoms with Gasteiger partial charge in [0.05, 0.1) is 19.3 Å². The van der Waals surface area contributed by atoms with Crippen molar-refractivity contribution in [3.8, 4) is 0 Å². The summed E-state index contributed by atoms with van der Waals surface area (Å²) in [6.45, 7) is 3.49. The van der Waals surface area contributed by atoms with Gasteiger partial charge in [-0.25, -0.2) is 0 Å². The van der Waals surface area contributed by atoms with Gasteiger partial charge >= 0.3 is 0 Å². The highest BCUT2D eigenvalue weighted by Gasteiger charge is 2.23. The Hall–Kier alpha value is -0.120. The van der Waals surface area contributed by atoms with E-state index in [2.05, 4.69) is 5.32 Å². The van der Waals surface area contributed by atoms with Crippen molar-refractivity contribution in [2.45, 2.75) is 31.8 Å². The quantitative estimate of drug-likeness (QED) is 0.579. The van der Waals surface area contributed by atoms with Crippen molar-refractivity contribution < 1.29 is 9.84 Å². The summed E-state index contributed by atoms with van der Waals surface area (Å²) < 4.78 is 5.19. The molecular formula is C8H17NO2. The molecule has 1 atom stereocenters. The monoisotopic (exact) mass is 159 g/mol. The molecule has 0 aromatic heterocycles. The van der Waals surface area contributed by atoms with Crippen LogP contribution in [0.25, 0.3) is 0 Å². The Morgan fingerprint density at radius 2 is 2.36 bits per heavy atom. The molecule has 0 radical (unpaired) electrons. The van der Waals surface area contributed by atoms with Crippen LogP contribution in [-0.4, -0.2) is 37.0 Å². The SMILES string of the molecule is CCOCC(CO)NC1CC1. The van der Waals surface area contributed by atoms with E-state index in [1.54, 1.807) is 0 Å². The van der Waals surface area contributed by atoms with E-state index in [-0.39, 0.29) is 12.6 Å². The minimum atomic E-state index is 0.141. The summed E-state index contributed by atoms with van der Waals surface area (Å²) in [6, 6.07) is 0.787. The highest BCUT2D eigenvalue weighted by atomic mass is 16.5. The van der Waals surface area contributed by atoms with Crippen molar-refractivity contribution in [1.82, 2.24) is 5.32 Å². The normalized spacial score (nSPS) is 20.2. The minimum Gasteiger partial charge on any atom is -0.395 e. The predicted octanol–water partition coefficient (Wildman–Crippen LogP) is 0.136. The van der Waals surface area contributed by atoms with Gasteiger partial charge in [0.15, 0.2) is 0 Å². The fourth-order valence-electron chi connectivity index (χ4n) is 0.997. The van der Waals surface area contributed by atoms with E-state index in [0.29, 0.717) is 12.6 Å². The molecule has 3 nitrogen and oxygen atoms in total. The molecule has 0 heterocycles. The third-order valence-electron chi connectivity index (χ3n) is 1.79. The van der Waals surface area contributed by atoms with E-state index >= 15 is 0 Å². The van der Waals surface area contributed by atoms with E-state index in [0.717, 1.165) is 6.61 Å². The van der Waals surface area contributed by atoms with E-state index in [9.17, 15) is 0 Å². The van der Waals surface area contributed by atoms with Gasteiger partial charge in [-0.1, -0.05) is 0 Å². The van der Waals surface area contributed by atoms with Gasteiger partial charge in [0.1, 0.15) is 0 Å². The van der Waals surface area contributed by atoms with E-state index < -0.39 is 0 Å². The summed E-state index contributed by atoms with van der Waals surface area (Å²) >= 11 is 0. The lowest BCUT2D eigenvalue weighted by atomic mass is 10.3. The molecule has 1 unspecified atom stereocenters. The lowest BCUT2D eigenvalue weighted by molar-refractivity contribution is 0.0967. The Bertz CT molecular complexity index is 104. The number of hydrogen-bond acceptors (Lipinski definition) is 3. The number of aliphatic hydroxyl groups excluding tert-OH is 1. The fraction of sp³-hybridized carbons (Fsp3) is 1.00. The van der Waals surface area contributed by atoms with Crippen molar-refractivity contribution in [2.75, 3.05) is 19.8 Å². The largest absolute Gasteiger partial charge is 0.395 e. The average molecular weight is 159 g/mol. The third kappa shape index (κ3) is 3.70. The Balaban J connectivity index is 2.02. The molecule has 1 fully saturated rings. The molecule has 11 heavy (non-hydrogen) atoms. The molecule has 3 heteroatoms. The maximum absolute atomic E-state index is 8.89. The van der Waals surface area contributed by atoms with Crippen LogP contribution in [0.4, 0.5) is 0 Å². The first kappa shape index (κ1) is 8.97. The zero-order valence-corrected chi connectivity index (χ0v) is 7.05. The summed E-state index contributed by atoms with van der Waals surface area (Å²) in [5.74, 6) is 0. The number of rotatable bonds is 6. The predicted molar refractivity (Wildman–Crippen MR) is 43.5 cm³/mol. The second kappa shape index (κ2) is 4.70. The molecule has 1 aliphatic rings. The van der Waals surface area contributed by atoms with Gasteiger partial charge in [-0.05, 0) is 19.8 Å². The molecule has 2 N–H and O–H groups in total. The molecule has 0 bridgehead atoms. The number of hydrogen-bond donors (Lipinski definition) is 2. The summed E-state index contributed by atoms with van der Waals surface area (Å²) in [5.41, 5.74) is 0. The first-order valence-electron chi connectivity index (χ1n) is 4.31. The molecule has 0 spiro atoms. The lowest BCUT2D eigenvalue weighted by Gasteiger charge is -2.14. The number of aliphatic hydroxyl groups is 1. The molecule has 66 valence electrons. The average Bonchev–Trinajstić information content (AvgIpc) is 2.81. The molecule has 0 aliphatic heterocycles. The van der Waals surface area contributed by atoms with Crippen molar-refractivity contribution in [3.63, 3.8) is 0 Å². The van der Waals surface area contributed by atoms with Crippen molar-refractivity contribution in [1.29, 1.82) is 0 Å². The smallest absolute Gasteiger partial charge is 0.0642 e. The maximum atomic E-state index is 8.89. The first-order valence-corrected chi connectivity index (χ1v) is 4.31. The van der Waals surface area contributed by atoms with Crippen molar-refractivity contribution in [2.24, 2.45) is 0 Å². The van der Waals surface area contributed by atoms with Crippen LogP contribution in [0.15, 0.2) is 0 Å². The Labute approximate surface area is 67.7 Å². The number of nitrogens with one attached hydrogen (secondary N) is 1. The number of ether oxygens (including phenoxy) is 1. The van der Waals surface area contributed by atoms with Gasteiger partial charge in [-0.2, -0.15) is 0 Å². The first-order chi connectivity index (χ1) is 5.36. The Morgan fingerprint density at radius 3 is 2.82 bits per heavy atom. The third-order valence-corrected chi connectivity index (χ3v) is 1.79. The molecule has 1 aliphatic carbocycles. The summed E-state index contributed by atoms with van der Waals surface area (Å²) in [7, 11) is 0. The van der Waals surface area contributed by atoms with Gasteiger partial charge in [0.2, 0.25) is 0 Å². The van der Waals surface area contributed by atoms with Crippen molar-refractivity contribution >= 4 is 0 Å². The van der Waals surface area contributed by atoms with E-state index in [1.807, 2.05) is 6.92 Å². The van der Waals surface area contributed by atoms with Crippen molar-refractivity contribution in [3.05, 3.63) is 0 Å². The van der Waals surface area contributed by atoms with E-state index in [4.69, 9.17) is 9.84 Å². The lowest BCUT2D eigenvalue weighted by Crippen LogP contribution is -2.38. The van der Waals surface area contributed by atoms with Crippen LogP contribution in [0.2, 0.25) is 0 Å². The van der Waals surface area contributed by atoms with Crippen LogP contribution in [0.5, 0.6) is 0 Å². The van der Waals surface area contributed by atoms with Gasteiger partial charge in [0.25, 0.3) is 0 Å². The van der Waals surface area contributed by atoms with Gasteiger partial charge < -0.3 is 15.2 Å². The summed E-state index contributed by atoms with van der Waals surface area (Å²) in [6.07, 6.45) is 2.51. The molecule has 0 aromatic rings. The zero-order chi connectivity index (χ0) is 8.10. The molecule has 1 saturated carbocycles. The van der Waals surface area contributed by atoms with Crippen LogP contribution in [-0.2, 0) is 4.74 Å². The second-order valence-electron chi connectivity index (χ2n) is 2.98. The van der Waals surface area contributed by atoms with Gasteiger partial charge in [-0.15, -0.1) is 0 Å². The second-order valence-corrected chi connectivity index (χ2v) is 2.98. The van der Waals surface area contributed by atoms with Crippen LogP contribution >= 0.6 is 0 Å². The zero-order valence-electron chi connectivity index (χ0n) is 7.05. The van der Waals surface area contributed by atoms with Crippen LogP contribution < -0.4 is 5.32 Å². The van der Waals surface area contributed by atoms with Gasteiger partial charge in [0, 0.05) is 12.6 Å². The Morgan fingerprint density at radius 1 is 1.64 bits per heavy atom. The van der Waals surface area contributed by atoms with Gasteiger partial charge in [-0.3, -0.25) is 0 Å². The highest BCUT2D eigenvalue weighted by molar-refractivity contribution is 4.84. The minimum absolute atomic E-state index is 0.141. The highest BCUT2D eigenvalue weighted by Crippen LogP contribution is 2.19. The molecule has 0 saturated heterocycles. The van der Waals surface area contributed by atoms with Crippen LogP contribution in [0.1, 0.15) is 19.8 Å². The summed E-state index contributed by atoms with van der Waals surface area (Å²) in [4.78, 5) is 0. The topological polar surface area (TPSA) is 41.5 Å². The van der Waals surface area contributed by atoms with E-state index in [1.165, 1.54) is 12.8 Å². The standard InChI is InChI=1S/C8H17NO2/c1-2-11-6-8(5-10)9-7-3-4-7/h7-10H,2-6H2,1H3. The maximum Gasteiger partial charge on any atom is 0.0642 e. The van der Waals surface area contributed by atoms with Crippen LogP contribution in [0, 0.1) is 0 Å². The summed E-state index contributed by atoms with van der Waals surface area (Å²) in [5, 5.41) is 12.2.